The normalized spacial score (nSPS) is 21.6. The van der Waals surface area contributed by atoms with E-state index in [1.165, 1.54) is 0 Å². The van der Waals surface area contributed by atoms with Crippen molar-refractivity contribution in [2.75, 3.05) is 38.8 Å². The minimum absolute atomic E-state index is 0.0350. The van der Waals surface area contributed by atoms with E-state index in [0.29, 0.717) is 29.6 Å². The lowest BCUT2D eigenvalue weighted by Gasteiger charge is -2.32. The van der Waals surface area contributed by atoms with Crippen molar-refractivity contribution in [1.82, 2.24) is 4.90 Å². The van der Waals surface area contributed by atoms with E-state index in [1.54, 1.807) is 31.3 Å². The molecule has 3 rings (SSSR count). The molecule has 0 radical (unpaired) electrons. The molecule has 2 aliphatic heterocycles. The minimum Gasteiger partial charge on any atom is -0.497 e. The lowest BCUT2D eigenvalue weighted by molar-refractivity contribution is -0.137. The molecule has 25 heavy (non-hydrogen) atoms. The van der Waals surface area contributed by atoms with Gasteiger partial charge in [0.2, 0.25) is 11.8 Å². The van der Waals surface area contributed by atoms with Gasteiger partial charge in [-0.2, -0.15) is 0 Å². The average Bonchev–Trinajstić information content (AvgIpc) is 3.02. The standard InChI is InChI=1S/C19H26N2O4/c1-13-6-8-20(9-7-13)19(23)14-10-18(22)21(12-14)16-5-4-15(24-2)11-17(16)25-3/h4-5,11,13-14H,6-10,12H2,1-3H3. The quantitative estimate of drug-likeness (QED) is 0.839. The second kappa shape index (κ2) is 7.33. The van der Waals surface area contributed by atoms with Crippen LogP contribution in [0.2, 0.25) is 0 Å². The zero-order valence-corrected chi connectivity index (χ0v) is 15.2. The molecule has 0 saturated carbocycles. The third-order valence-corrected chi connectivity index (χ3v) is 5.25. The van der Waals surface area contributed by atoms with Crippen LogP contribution in [-0.4, -0.2) is 50.6 Å². The van der Waals surface area contributed by atoms with Crippen LogP contribution in [0.3, 0.4) is 0 Å². The van der Waals surface area contributed by atoms with Crippen LogP contribution in [-0.2, 0) is 9.59 Å². The summed E-state index contributed by atoms with van der Waals surface area (Å²) in [7, 11) is 3.15. The third kappa shape index (κ3) is 3.57. The Kier molecular flexibility index (Phi) is 5.16. The fourth-order valence-corrected chi connectivity index (χ4v) is 3.60. The van der Waals surface area contributed by atoms with E-state index in [9.17, 15) is 9.59 Å². The number of amides is 2. The number of carbonyl (C=O) groups is 2. The largest absolute Gasteiger partial charge is 0.497 e. The molecule has 0 aromatic heterocycles. The molecule has 0 aliphatic carbocycles. The van der Waals surface area contributed by atoms with Gasteiger partial charge in [0.25, 0.3) is 0 Å². The second-order valence-corrected chi connectivity index (χ2v) is 6.95. The number of rotatable bonds is 4. The molecule has 1 atom stereocenters. The average molecular weight is 346 g/mol. The van der Waals surface area contributed by atoms with Crippen molar-refractivity contribution in [3.8, 4) is 11.5 Å². The highest BCUT2D eigenvalue weighted by molar-refractivity contribution is 6.01. The Bertz CT molecular complexity index is 653. The molecule has 6 heteroatoms. The highest BCUT2D eigenvalue weighted by atomic mass is 16.5. The summed E-state index contributed by atoms with van der Waals surface area (Å²) in [6.07, 6.45) is 2.35. The van der Waals surface area contributed by atoms with E-state index < -0.39 is 0 Å². The molecule has 2 heterocycles. The number of methoxy groups -OCH3 is 2. The van der Waals surface area contributed by atoms with Crippen LogP contribution in [0, 0.1) is 11.8 Å². The Morgan fingerprint density at radius 3 is 2.52 bits per heavy atom. The number of anilines is 1. The first-order valence-electron chi connectivity index (χ1n) is 8.84. The summed E-state index contributed by atoms with van der Waals surface area (Å²) in [5.41, 5.74) is 0.691. The highest BCUT2D eigenvalue weighted by Crippen LogP contribution is 2.36. The van der Waals surface area contributed by atoms with E-state index in [-0.39, 0.29) is 24.2 Å². The van der Waals surface area contributed by atoms with Crippen LogP contribution in [0.5, 0.6) is 11.5 Å². The molecule has 2 saturated heterocycles. The lowest BCUT2D eigenvalue weighted by Crippen LogP contribution is -2.42. The van der Waals surface area contributed by atoms with Gasteiger partial charge in [0.15, 0.2) is 0 Å². The van der Waals surface area contributed by atoms with Crippen LogP contribution in [0.4, 0.5) is 5.69 Å². The molecule has 1 unspecified atom stereocenters. The number of ether oxygens (including phenoxy) is 2. The third-order valence-electron chi connectivity index (χ3n) is 5.25. The monoisotopic (exact) mass is 346 g/mol. The first-order chi connectivity index (χ1) is 12.0. The summed E-state index contributed by atoms with van der Waals surface area (Å²) in [4.78, 5) is 28.9. The van der Waals surface area contributed by atoms with Crippen molar-refractivity contribution in [2.24, 2.45) is 11.8 Å². The van der Waals surface area contributed by atoms with Crippen molar-refractivity contribution in [3.05, 3.63) is 18.2 Å². The van der Waals surface area contributed by atoms with Gasteiger partial charge in [0, 0.05) is 32.1 Å². The van der Waals surface area contributed by atoms with E-state index in [0.717, 1.165) is 25.9 Å². The maximum Gasteiger partial charge on any atom is 0.228 e. The number of hydrogen-bond acceptors (Lipinski definition) is 4. The molecular weight excluding hydrogens is 320 g/mol. The maximum atomic E-state index is 12.8. The molecule has 0 bridgehead atoms. The van der Waals surface area contributed by atoms with E-state index in [1.807, 2.05) is 11.0 Å². The van der Waals surface area contributed by atoms with Gasteiger partial charge in [0.05, 0.1) is 25.8 Å². The molecular formula is C19H26N2O4. The van der Waals surface area contributed by atoms with Crippen LogP contribution in [0.25, 0.3) is 0 Å². The van der Waals surface area contributed by atoms with E-state index in [2.05, 4.69) is 6.92 Å². The molecule has 136 valence electrons. The van der Waals surface area contributed by atoms with Crippen molar-refractivity contribution >= 4 is 17.5 Å². The number of piperidine rings is 1. The SMILES string of the molecule is COc1ccc(N2CC(C(=O)N3CCC(C)CC3)CC2=O)c(OC)c1. The fourth-order valence-electron chi connectivity index (χ4n) is 3.60. The van der Waals surface area contributed by atoms with Gasteiger partial charge < -0.3 is 19.3 Å². The van der Waals surface area contributed by atoms with Gasteiger partial charge in [-0.1, -0.05) is 6.92 Å². The van der Waals surface area contributed by atoms with E-state index in [4.69, 9.17) is 9.47 Å². The van der Waals surface area contributed by atoms with Gasteiger partial charge in [-0.25, -0.2) is 0 Å². The van der Waals surface area contributed by atoms with Gasteiger partial charge in [-0.3, -0.25) is 9.59 Å². The predicted octanol–water partition coefficient (Wildman–Crippen LogP) is 2.32. The Morgan fingerprint density at radius 1 is 1.16 bits per heavy atom. The van der Waals surface area contributed by atoms with Crippen LogP contribution in [0.1, 0.15) is 26.2 Å². The van der Waals surface area contributed by atoms with Crippen LogP contribution in [0.15, 0.2) is 18.2 Å². The van der Waals surface area contributed by atoms with E-state index >= 15 is 0 Å². The molecule has 6 nitrogen and oxygen atoms in total. The lowest BCUT2D eigenvalue weighted by atomic mass is 9.97. The minimum atomic E-state index is -0.271. The summed E-state index contributed by atoms with van der Waals surface area (Å²) >= 11 is 0. The summed E-state index contributed by atoms with van der Waals surface area (Å²) in [6, 6.07) is 5.36. The predicted molar refractivity (Wildman–Crippen MR) is 95.0 cm³/mol. The number of hydrogen-bond donors (Lipinski definition) is 0. The van der Waals surface area contributed by atoms with Crippen LogP contribution < -0.4 is 14.4 Å². The van der Waals surface area contributed by atoms with Gasteiger partial charge in [-0.05, 0) is 30.9 Å². The number of nitrogens with zero attached hydrogens (tertiary/aromatic N) is 2. The van der Waals surface area contributed by atoms with Gasteiger partial charge >= 0.3 is 0 Å². The topological polar surface area (TPSA) is 59.1 Å². The van der Waals surface area contributed by atoms with Gasteiger partial charge in [-0.15, -0.1) is 0 Å². The smallest absolute Gasteiger partial charge is 0.228 e. The summed E-state index contributed by atoms with van der Waals surface area (Å²) in [6.45, 7) is 4.23. The molecule has 2 amide bonds. The Labute approximate surface area is 148 Å². The van der Waals surface area contributed by atoms with Crippen molar-refractivity contribution in [3.63, 3.8) is 0 Å². The Morgan fingerprint density at radius 2 is 1.88 bits per heavy atom. The number of likely N-dealkylation sites (tertiary alicyclic amines) is 1. The van der Waals surface area contributed by atoms with Gasteiger partial charge in [0.1, 0.15) is 11.5 Å². The molecule has 0 spiro atoms. The summed E-state index contributed by atoms with van der Waals surface area (Å²) in [5, 5.41) is 0. The Balaban J connectivity index is 1.73. The van der Waals surface area contributed by atoms with Crippen molar-refractivity contribution in [2.45, 2.75) is 26.2 Å². The second-order valence-electron chi connectivity index (χ2n) is 6.95. The molecule has 0 N–H and O–H groups in total. The molecule has 2 aliphatic rings. The van der Waals surface area contributed by atoms with Crippen molar-refractivity contribution in [1.29, 1.82) is 0 Å². The fraction of sp³-hybridized carbons (Fsp3) is 0.579. The van der Waals surface area contributed by atoms with Crippen LogP contribution >= 0.6 is 0 Å². The number of carbonyl (C=O) groups excluding carboxylic acids is 2. The highest BCUT2D eigenvalue weighted by Gasteiger charge is 2.38. The summed E-state index contributed by atoms with van der Waals surface area (Å²) < 4.78 is 10.6. The summed E-state index contributed by atoms with van der Waals surface area (Å²) in [5.74, 6) is 1.72. The number of benzene rings is 1. The first-order valence-corrected chi connectivity index (χ1v) is 8.84. The molecule has 1 aromatic rings. The zero-order valence-electron chi connectivity index (χ0n) is 15.2. The first kappa shape index (κ1) is 17.6. The molecule has 1 aromatic carbocycles. The maximum absolute atomic E-state index is 12.8. The molecule has 2 fully saturated rings. The zero-order chi connectivity index (χ0) is 18.0. The van der Waals surface area contributed by atoms with Crippen molar-refractivity contribution < 1.29 is 19.1 Å². The Hall–Kier alpha value is -2.24.